The zero-order chi connectivity index (χ0) is 32.8. The molecule has 3 aliphatic rings. The summed E-state index contributed by atoms with van der Waals surface area (Å²) in [7, 11) is 1.33. The average Bonchev–Trinajstić information content (AvgIpc) is 3.63. The smallest absolute Gasteiger partial charge is 0.247 e. The first kappa shape index (κ1) is 33.4. The highest BCUT2D eigenvalue weighted by molar-refractivity contribution is 5.98. The number of rotatable bonds is 6. The van der Waals surface area contributed by atoms with Crippen LogP contribution in [0.5, 0.6) is 0 Å². The van der Waals surface area contributed by atoms with Gasteiger partial charge in [0.25, 0.3) is 0 Å². The van der Waals surface area contributed by atoms with Crippen LogP contribution in [0.2, 0.25) is 0 Å². The number of carbonyl (C=O) groups is 7. The van der Waals surface area contributed by atoms with Gasteiger partial charge in [0.1, 0.15) is 30.2 Å². The van der Waals surface area contributed by atoms with Crippen LogP contribution < -0.4 is 26.6 Å². The maximum absolute atomic E-state index is 14.2. The van der Waals surface area contributed by atoms with E-state index in [4.69, 9.17) is 0 Å². The molecule has 0 bridgehead atoms. The van der Waals surface area contributed by atoms with Crippen LogP contribution in [0.25, 0.3) is 0 Å². The van der Waals surface area contributed by atoms with Gasteiger partial charge in [-0.2, -0.15) is 0 Å². The third kappa shape index (κ3) is 8.15. The van der Waals surface area contributed by atoms with E-state index in [-0.39, 0.29) is 37.6 Å². The summed E-state index contributed by atoms with van der Waals surface area (Å²) in [5.41, 5.74) is 0.730. The summed E-state index contributed by atoms with van der Waals surface area (Å²) in [6.45, 7) is 2.14. The highest BCUT2D eigenvalue weighted by Crippen LogP contribution is 2.22. The maximum Gasteiger partial charge on any atom is 0.247 e. The largest absolute Gasteiger partial charge is 0.394 e. The molecule has 7 amide bonds. The lowest BCUT2D eigenvalue weighted by molar-refractivity contribution is -0.143. The Morgan fingerprint density at radius 1 is 0.933 bits per heavy atom. The fraction of sp³-hybridized carbons (Fsp3) is 0.567. The molecule has 3 saturated heterocycles. The van der Waals surface area contributed by atoms with Crippen molar-refractivity contribution in [1.29, 1.82) is 0 Å². The number of aliphatic hydroxyl groups excluding tert-OH is 1. The Balaban J connectivity index is 1.69. The van der Waals surface area contributed by atoms with Gasteiger partial charge in [0, 0.05) is 32.5 Å². The van der Waals surface area contributed by atoms with E-state index in [1.807, 2.05) is 6.07 Å². The van der Waals surface area contributed by atoms with E-state index in [9.17, 15) is 38.7 Å². The zero-order valence-corrected chi connectivity index (χ0v) is 25.6. The predicted molar refractivity (Wildman–Crippen MR) is 159 cm³/mol. The van der Waals surface area contributed by atoms with Crippen LogP contribution in [0.1, 0.15) is 38.7 Å². The molecule has 0 aromatic heterocycles. The lowest BCUT2D eigenvalue weighted by Crippen LogP contribution is -2.58. The topological polar surface area (TPSA) is 206 Å². The number of likely N-dealkylation sites (N-methyl/N-ethyl adjacent to an activating group) is 1. The number of nitrogens with one attached hydrogen (secondary N) is 5. The molecule has 0 saturated carbocycles. The Hall–Kier alpha value is -4.53. The molecule has 15 nitrogen and oxygen atoms in total. The molecule has 0 unspecified atom stereocenters. The van der Waals surface area contributed by atoms with E-state index < -0.39 is 84.8 Å². The molecule has 3 aliphatic heterocycles. The van der Waals surface area contributed by atoms with Gasteiger partial charge in [0.2, 0.25) is 41.4 Å². The second-order valence-corrected chi connectivity index (χ2v) is 12.1. The van der Waals surface area contributed by atoms with Crippen LogP contribution >= 0.6 is 0 Å². The highest BCUT2D eigenvalue weighted by atomic mass is 16.3. The molecule has 6 atom stereocenters. The van der Waals surface area contributed by atoms with Gasteiger partial charge in [-0.05, 0) is 24.3 Å². The van der Waals surface area contributed by atoms with Crippen LogP contribution in [-0.4, -0.2) is 119 Å². The predicted octanol–water partition coefficient (Wildman–Crippen LogP) is -2.83. The molecular formula is C30H41N7O8. The molecular weight excluding hydrogens is 586 g/mol. The molecule has 0 spiro atoms. The molecule has 1 aromatic rings. The van der Waals surface area contributed by atoms with Crippen molar-refractivity contribution in [3.05, 3.63) is 35.9 Å². The Bertz CT molecular complexity index is 1320. The molecule has 6 N–H and O–H groups in total. The number of benzene rings is 1. The van der Waals surface area contributed by atoms with Gasteiger partial charge >= 0.3 is 0 Å². The van der Waals surface area contributed by atoms with Crippen molar-refractivity contribution < 1.29 is 38.7 Å². The number of amides is 7. The van der Waals surface area contributed by atoms with Crippen molar-refractivity contribution in [2.75, 3.05) is 26.7 Å². The molecule has 3 heterocycles. The molecule has 244 valence electrons. The van der Waals surface area contributed by atoms with Crippen molar-refractivity contribution in [3.8, 4) is 0 Å². The van der Waals surface area contributed by atoms with Gasteiger partial charge in [0.15, 0.2) is 0 Å². The van der Waals surface area contributed by atoms with Crippen molar-refractivity contribution in [3.63, 3.8) is 0 Å². The molecule has 1 aromatic carbocycles. The monoisotopic (exact) mass is 627 g/mol. The third-order valence-electron chi connectivity index (χ3n) is 8.26. The van der Waals surface area contributed by atoms with Crippen LogP contribution in [0.15, 0.2) is 30.3 Å². The van der Waals surface area contributed by atoms with E-state index in [2.05, 4.69) is 26.6 Å². The SMILES string of the molecule is CC(C)[C@H]1NC(=O)CN(C)C(=O)[C@H](CO)NC(=O)[C@@H]2C[C@H](NC(=O)[C@@H]3CCC(=O)N3)CN2C(=O)[C@H](Cc2ccccc2)NC1=O. The summed E-state index contributed by atoms with van der Waals surface area (Å²) >= 11 is 0. The molecule has 0 aliphatic carbocycles. The molecule has 3 fully saturated rings. The quantitative estimate of drug-likeness (QED) is 0.193. The molecule has 4 rings (SSSR count). The minimum atomic E-state index is -1.42. The normalized spacial score (nSPS) is 28.5. The fourth-order valence-electron chi connectivity index (χ4n) is 5.82. The van der Waals surface area contributed by atoms with Gasteiger partial charge < -0.3 is 41.5 Å². The van der Waals surface area contributed by atoms with Crippen LogP contribution in [0.4, 0.5) is 0 Å². The van der Waals surface area contributed by atoms with E-state index >= 15 is 0 Å². The first-order valence-electron chi connectivity index (χ1n) is 15.1. The number of nitrogens with zero attached hydrogens (tertiary/aromatic N) is 2. The van der Waals surface area contributed by atoms with Gasteiger partial charge in [-0.1, -0.05) is 44.2 Å². The lowest BCUT2D eigenvalue weighted by atomic mass is 10.0. The molecule has 45 heavy (non-hydrogen) atoms. The first-order chi connectivity index (χ1) is 21.4. The third-order valence-corrected chi connectivity index (χ3v) is 8.26. The van der Waals surface area contributed by atoms with Gasteiger partial charge in [-0.15, -0.1) is 0 Å². The van der Waals surface area contributed by atoms with Crippen molar-refractivity contribution in [2.45, 2.75) is 75.8 Å². The van der Waals surface area contributed by atoms with E-state index in [1.165, 1.54) is 11.9 Å². The Labute approximate surface area is 260 Å². The fourth-order valence-corrected chi connectivity index (χ4v) is 5.82. The Kier molecular flexibility index (Phi) is 10.8. The van der Waals surface area contributed by atoms with Crippen LogP contribution in [0.3, 0.4) is 0 Å². The maximum atomic E-state index is 14.2. The minimum Gasteiger partial charge on any atom is -0.394 e. The summed E-state index contributed by atoms with van der Waals surface area (Å²) in [6, 6.07) is 2.75. The molecule has 15 heteroatoms. The van der Waals surface area contributed by atoms with E-state index in [0.717, 1.165) is 10.5 Å². The second kappa shape index (κ2) is 14.5. The lowest BCUT2D eigenvalue weighted by Gasteiger charge is -2.30. The van der Waals surface area contributed by atoms with Crippen molar-refractivity contribution in [1.82, 2.24) is 36.4 Å². The van der Waals surface area contributed by atoms with Gasteiger partial charge in [-0.25, -0.2) is 0 Å². The highest BCUT2D eigenvalue weighted by Gasteiger charge is 2.45. The summed E-state index contributed by atoms with van der Waals surface area (Å²) in [4.78, 5) is 94.3. The number of aliphatic hydroxyl groups is 1. The second-order valence-electron chi connectivity index (χ2n) is 12.1. The summed E-state index contributed by atoms with van der Waals surface area (Å²) in [6.07, 6.45) is 0.575. The number of carbonyl (C=O) groups excluding carboxylic acids is 7. The number of hydrogen-bond acceptors (Lipinski definition) is 8. The first-order valence-corrected chi connectivity index (χ1v) is 15.1. The van der Waals surface area contributed by atoms with E-state index in [0.29, 0.717) is 6.42 Å². The van der Waals surface area contributed by atoms with Crippen LogP contribution in [-0.2, 0) is 40.0 Å². The summed E-state index contributed by atoms with van der Waals surface area (Å²) in [5.74, 6) is -4.44. The molecule has 0 radical (unpaired) electrons. The minimum absolute atomic E-state index is 0.0210. The number of fused-ring (bicyclic) bond motifs is 1. The summed E-state index contributed by atoms with van der Waals surface area (Å²) < 4.78 is 0. The Morgan fingerprint density at radius 3 is 2.24 bits per heavy atom. The standard InChI is InChI=1S/C30H41N7O8/c1-16(2)25-28(43)33-20(11-17-7-5-4-6-8-17)30(45)37-13-18(31-26(41)19-9-10-23(39)32-19)12-22(37)27(42)34-21(15-38)29(44)36(3)14-24(40)35-25/h4-8,16,18-22,25,38H,9-15H2,1-3H3,(H,31,41)(H,32,39)(H,33,43)(H,34,42)(H,35,40)/t18-,19-,20-,21-,22-,25+/m0/s1. The average molecular weight is 628 g/mol. The van der Waals surface area contributed by atoms with Crippen molar-refractivity contribution in [2.24, 2.45) is 5.92 Å². The number of hydrogen-bond donors (Lipinski definition) is 6. The van der Waals surface area contributed by atoms with Gasteiger partial charge in [-0.3, -0.25) is 33.6 Å². The zero-order valence-electron chi connectivity index (χ0n) is 25.6. The van der Waals surface area contributed by atoms with Gasteiger partial charge in [0.05, 0.1) is 13.2 Å². The van der Waals surface area contributed by atoms with Crippen LogP contribution in [0, 0.1) is 5.92 Å². The summed E-state index contributed by atoms with van der Waals surface area (Å²) in [5, 5.41) is 23.3. The Morgan fingerprint density at radius 2 is 1.62 bits per heavy atom. The van der Waals surface area contributed by atoms with Crippen molar-refractivity contribution >= 4 is 41.4 Å². The van der Waals surface area contributed by atoms with E-state index in [1.54, 1.807) is 38.1 Å².